The maximum atomic E-state index is 6.07. The molecule has 0 fully saturated rings. The van der Waals surface area contributed by atoms with Gasteiger partial charge in [-0.2, -0.15) is 0 Å². The summed E-state index contributed by atoms with van der Waals surface area (Å²) < 4.78 is 51.1. The van der Waals surface area contributed by atoms with E-state index in [0.717, 1.165) is 14.5 Å². The quantitative estimate of drug-likeness (QED) is 0.151. The number of methoxy groups -OCH3 is 2. The molecule has 0 unspecified atom stereocenters. The SMILES string of the molecule is COCCOCCOCCOCC(COCCOCCOCCOC)OCc1cc(Br)cc(Br)c1. The summed E-state index contributed by atoms with van der Waals surface area (Å²) >= 11 is 7.01. The Morgan fingerprint density at radius 3 is 1.31 bits per heavy atom. The highest BCUT2D eigenvalue weighted by Gasteiger charge is 2.11. The van der Waals surface area contributed by atoms with Crippen LogP contribution in [0.4, 0.5) is 0 Å². The minimum atomic E-state index is -0.220. The molecule has 0 aliphatic carbocycles. The summed E-state index contributed by atoms with van der Waals surface area (Å²) in [5.41, 5.74) is 1.05. The lowest BCUT2D eigenvalue weighted by atomic mass is 10.2. The molecule has 0 aliphatic rings. The van der Waals surface area contributed by atoms with Gasteiger partial charge in [0.2, 0.25) is 0 Å². The normalized spacial score (nSPS) is 11.6. The maximum Gasteiger partial charge on any atom is 0.105 e. The average molecular weight is 632 g/mol. The molecular weight excluding hydrogens is 592 g/mol. The average Bonchev–Trinajstić information content (AvgIpc) is 2.83. The number of benzene rings is 1. The molecule has 35 heavy (non-hydrogen) atoms. The van der Waals surface area contributed by atoms with E-state index in [2.05, 4.69) is 31.9 Å². The van der Waals surface area contributed by atoms with Crippen LogP contribution in [0.1, 0.15) is 5.56 Å². The third kappa shape index (κ3) is 20.6. The van der Waals surface area contributed by atoms with Crippen LogP contribution in [0.15, 0.2) is 27.1 Å². The van der Waals surface area contributed by atoms with E-state index in [1.807, 2.05) is 18.2 Å². The van der Waals surface area contributed by atoms with Crippen molar-refractivity contribution in [2.45, 2.75) is 12.7 Å². The van der Waals surface area contributed by atoms with E-state index in [9.17, 15) is 0 Å². The number of hydrogen-bond acceptors (Lipinski definition) is 9. The summed E-state index contributed by atoms with van der Waals surface area (Å²) in [4.78, 5) is 0. The van der Waals surface area contributed by atoms with E-state index in [4.69, 9.17) is 42.6 Å². The van der Waals surface area contributed by atoms with Crippen molar-refractivity contribution in [3.05, 3.63) is 32.7 Å². The van der Waals surface area contributed by atoms with Gasteiger partial charge in [0, 0.05) is 23.2 Å². The van der Waals surface area contributed by atoms with Crippen LogP contribution in [0, 0.1) is 0 Å². The molecule has 0 atom stereocenters. The molecule has 9 nitrogen and oxygen atoms in total. The zero-order valence-corrected chi connectivity index (χ0v) is 24.0. The highest BCUT2D eigenvalue weighted by atomic mass is 79.9. The molecule has 0 amide bonds. The second-order valence-corrected chi connectivity index (χ2v) is 9.13. The van der Waals surface area contributed by atoms with Gasteiger partial charge in [0.15, 0.2) is 0 Å². The van der Waals surface area contributed by atoms with E-state index in [0.29, 0.717) is 99.1 Å². The first-order chi connectivity index (χ1) is 17.2. The van der Waals surface area contributed by atoms with Gasteiger partial charge in [0.05, 0.1) is 99.1 Å². The third-order valence-corrected chi connectivity index (χ3v) is 5.28. The van der Waals surface area contributed by atoms with Crippen molar-refractivity contribution in [2.24, 2.45) is 0 Å². The molecule has 11 heteroatoms. The molecule has 1 rings (SSSR count). The van der Waals surface area contributed by atoms with Crippen molar-refractivity contribution in [3.8, 4) is 0 Å². The number of hydrogen-bond donors (Lipinski definition) is 0. The smallest absolute Gasteiger partial charge is 0.105 e. The lowest BCUT2D eigenvalue weighted by molar-refractivity contribution is -0.0811. The van der Waals surface area contributed by atoms with Gasteiger partial charge in [-0.3, -0.25) is 0 Å². The monoisotopic (exact) mass is 630 g/mol. The fraction of sp³-hybridized carbons (Fsp3) is 0.750. The summed E-state index contributed by atoms with van der Waals surface area (Å²) in [6.45, 7) is 7.55. The van der Waals surface area contributed by atoms with E-state index >= 15 is 0 Å². The third-order valence-electron chi connectivity index (χ3n) is 4.37. The van der Waals surface area contributed by atoms with Gasteiger partial charge in [0.25, 0.3) is 0 Å². The van der Waals surface area contributed by atoms with Gasteiger partial charge in [-0.25, -0.2) is 0 Å². The molecule has 1 aromatic rings. The first kappa shape index (κ1) is 32.8. The zero-order chi connectivity index (χ0) is 25.4. The molecule has 0 aromatic heterocycles. The van der Waals surface area contributed by atoms with Crippen LogP contribution in [-0.4, -0.2) is 113 Å². The zero-order valence-electron chi connectivity index (χ0n) is 20.8. The van der Waals surface area contributed by atoms with Crippen molar-refractivity contribution < 1.29 is 42.6 Å². The highest BCUT2D eigenvalue weighted by Crippen LogP contribution is 2.21. The Hall–Kier alpha value is -0.180. The predicted molar refractivity (Wildman–Crippen MR) is 139 cm³/mol. The topological polar surface area (TPSA) is 83.1 Å². The first-order valence-electron chi connectivity index (χ1n) is 11.7. The Morgan fingerprint density at radius 1 is 0.543 bits per heavy atom. The maximum absolute atomic E-state index is 6.07. The molecule has 0 bridgehead atoms. The second-order valence-electron chi connectivity index (χ2n) is 7.30. The summed E-state index contributed by atoms with van der Waals surface area (Å²) in [6.07, 6.45) is -0.220. The Labute approximate surface area is 226 Å². The summed E-state index contributed by atoms with van der Waals surface area (Å²) in [5, 5.41) is 0. The molecule has 0 aliphatic heterocycles. The molecule has 0 spiro atoms. The second kappa shape index (κ2) is 24.2. The molecule has 0 radical (unpaired) electrons. The van der Waals surface area contributed by atoms with Gasteiger partial charge in [0.1, 0.15) is 6.10 Å². The molecule has 0 N–H and O–H groups in total. The molecule has 0 saturated heterocycles. The van der Waals surface area contributed by atoms with E-state index in [-0.39, 0.29) is 6.10 Å². The largest absolute Gasteiger partial charge is 0.382 e. The lowest BCUT2D eigenvalue weighted by Gasteiger charge is -2.19. The Kier molecular flexibility index (Phi) is 22.7. The fourth-order valence-corrected chi connectivity index (χ4v) is 4.03. The Bertz CT molecular complexity index is 566. The van der Waals surface area contributed by atoms with Gasteiger partial charge < -0.3 is 42.6 Å². The number of ether oxygens (including phenoxy) is 9. The van der Waals surface area contributed by atoms with Crippen LogP contribution in [0.5, 0.6) is 0 Å². The molecular formula is C24H40Br2O9. The van der Waals surface area contributed by atoms with Gasteiger partial charge in [-0.1, -0.05) is 31.9 Å². The highest BCUT2D eigenvalue weighted by molar-refractivity contribution is 9.11. The minimum Gasteiger partial charge on any atom is -0.382 e. The van der Waals surface area contributed by atoms with Crippen molar-refractivity contribution in [3.63, 3.8) is 0 Å². The van der Waals surface area contributed by atoms with Crippen LogP contribution < -0.4 is 0 Å². The molecule has 204 valence electrons. The van der Waals surface area contributed by atoms with Gasteiger partial charge >= 0.3 is 0 Å². The molecule has 0 saturated carbocycles. The minimum absolute atomic E-state index is 0.220. The number of rotatable bonds is 25. The number of halogens is 2. The van der Waals surface area contributed by atoms with Crippen molar-refractivity contribution in [2.75, 3.05) is 107 Å². The lowest BCUT2D eigenvalue weighted by Crippen LogP contribution is -2.27. The van der Waals surface area contributed by atoms with Crippen LogP contribution in [0.2, 0.25) is 0 Å². The summed E-state index contributed by atoms with van der Waals surface area (Å²) in [5.74, 6) is 0. The van der Waals surface area contributed by atoms with E-state index in [1.165, 1.54) is 0 Å². The van der Waals surface area contributed by atoms with Crippen molar-refractivity contribution >= 4 is 31.9 Å². The van der Waals surface area contributed by atoms with Crippen LogP contribution >= 0.6 is 31.9 Å². The summed E-state index contributed by atoms with van der Waals surface area (Å²) in [7, 11) is 3.29. The predicted octanol–water partition coefficient (Wildman–Crippen LogP) is 3.49. The summed E-state index contributed by atoms with van der Waals surface area (Å²) in [6, 6.07) is 6.03. The fourth-order valence-electron chi connectivity index (χ4n) is 2.65. The van der Waals surface area contributed by atoms with E-state index < -0.39 is 0 Å². The van der Waals surface area contributed by atoms with Crippen LogP contribution in [0.3, 0.4) is 0 Å². The van der Waals surface area contributed by atoms with Crippen LogP contribution in [-0.2, 0) is 49.2 Å². The van der Waals surface area contributed by atoms with Gasteiger partial charge in [-0.15, -0.1) is 0 Å². The Balaban J connectivity index is 2.23. The van der Waals surface area contributed by atoms with Crippen molar-refractivity contribution in [1.29, 1.82) is 0 Å². The standard InChI is InChI=1S/C24H40Br2O9/c1-27-3-5-29-7-9-31-11-13-33-19-24(35-18-21-15-22(25)17-23(26)16-21)20-34-14-12-32-10-8-30-6-4-28-2/h15-17,24H,3-14,18-20H2,1-2H3. The van der Waals surface area contributed by atoms with Gasteiger partial charge in [-0.05, 0) is 23.8 Å². The van der Waals surface area contributed by atoms with E-state index in [1.54, 1.807) is 14.2 Å². The first-order valence-corrected chi connectivity index (χ1v) is 13.2. The van der Waals surface area contributed by atoms with Crippen LogP contribution in [0.25, 0.3) is 0 Å². The van der Waals surface area contributed by atoms with Crippen molar-refractivity contribution in [1.82, 2.24) is 0 Å². The Morgan fingerprint density at radius 2 is 0.914 bits per heavy atom. The molecule has 0 heterocycles. The molecule has 1 aromatic carbocycles.